The summed E-state index contributed by atoms with van der Waals surface area (Å²) >= 11 is 0. The van der Waals surface area contributed by atoms with Gasteiger partial charge in [-0.15, -0.1) is 0 Å². The Hall–Kier alpha value is -19.9. The van der Waals surface area contributed by atoms with Crippen molar-refractivity contribution < 1.29 is 14.2 Å². The summed E-state index contributed by atoms with van der Waals surface area (Å²) in [4.78, 5) is 15.2. The van der Waals surface area contributed by atoms with Crippen molar-refractivity contribution in [2.75, 3.05) is 0 Å². The molecule has 0 spiro atoms. The number of para-hydroxylation sites is 3. The number of nitrogens with zero attached hydrogens (tertiary/aromatic N) is 6. The summed E-state index contributed by atoms with van der Waals surface area (Å²) < 4.78 is 26.6. The molecule has 25 aromatic carbocycles. The van der Waals surface area contributed by atoms with Gasteiger partial charge in [0, 0.05) is 16.7 Å². The van der Waals surface area contributed by atoms with Gasteiger partial charge in [-0.2, -0.15) is 0 Å². The van der Waals surface area contributed by atoms with Crippen molar-refractivity contribution in [3.05, 3.63) is 522 Å². The van der Waals surface area contributed by atoms with Crippen molar-refractivity contribution in [3.8, 4) is 186 Å². The molecule has 28 aromatic rings. The summed E-state index contributed by atoms with van der Waals surface area (Å²) in [6.07, 6.45) is 0. The van der Waals surface area contributed by atoms with E-state index in [1.165, 1.54) is 148 Å². The zero-order valence-corrected chi connectivity index (χ0v) is 80.1. The normalized spacial score (nSPS) is 11.9. The van der Waals surface area contributed by atoms with E-state index in [4.69, 9.17) is 29.2 Å². The first kappa shape index (κ1) is 85.0. The molecule has 690 valence electrons. The Balaban J connectivity index is 0.000000105. The molecule has 3 aliphatic heterocycles. The average Bonchev–Trinajstić information content (AvgIpc) is 1.53. The first-order valence-electron chi connectivity index (χ1n) is 50.3. The van der Waals surface area contributed by atoms with Crippen LogP contribution in [0.5, 0.6) is 34.5 Å². The van der Waals surface area contributed by atoms with E-state index in [0.717, 1.165) is 147 Å². The van der Waals surface area contributed by atoms with E-state index >= 15 is 0 Å². The van der Waals surface area contributed by atoms with E-state index in [1.807, 2.05) is 60.7 Å². The highest BCUT2D eigenvalue weighted by molar-refractivity contribution is 6.25. The molecule has 0 atom stereocenters. The number of ether oxygens (including phenoxy) is 3. The molecule has 0 unspecified atom stereocenters. The molecule has 0 radical (unpaired) electrons. The van der Waals surface area contributed by atoms with Crippen LogP contribution >= 0.6 is 0 Å². The molecule has 3 aromatic heterocycles. The van der Waals surface area contributed by atoms with Crippen molar-refractivity contribution in [2.24, 2.45) is 0 Å². The maximum Gasteiger partial charge on any atom is 0.153 e. The molecule has 0 bridgehead atoms. The molecule has 3 aliphatic rings. The van der Waals surface area contributed by atoms with E-state index in [0.29, 0.717) is 0 Å². The van der Waals surface area contributed by atoms with Crippen LogP contribution in [0.3, 0.4) is 0 Å². The minimum Gasteiger partial charge on any atom is -0.453 e. The van der Waals surface area contributed by atoms with Gasteiger partial charge in [-0.25, -0.2) is 15.0 Å². The summed E-state index contributed by atoms with van der Waals surface area (Å²) in [5.74, 6) is 7.62. The highest BCUT2D eigenvalue weighted by atomic mass is 16.5. The number of hydrogen-bond acceptors (Lipinski definition) is 6. The zero-order valence-electron chi connectivity index (χ0n) is 80.1. The van der Waals surface area contributed by atoms with Gasteiger partial charge in [0.1, 0.15) is 34.0 Å². The third kappa shape index (κ3) is 14.2. The van der Waals surface area contributed by atoms with Crippen LogP contribution in [0.15, 0.2) is 522 Å². The zero-order chi connectivity index (χ0) is 97.4. The van der Waals surface area contributed by atoms with E-state index < -0.39 is 0 Å². The van der Waals surface area contributed by atoms with Crippen molar-refractivity contribution in [1.82, 2.24) is 28.7 Å². The lowest BCUT2D eigenvalue weighted by atomic mass is 9.84. The maximum atomic E-state index is 6.75. The Bertz CT molecular complexity index is 10100. The van der Waals surface area contributed by atoms with Gasteiger partial charge in [0.05, 0.1) is 33.6 Å². The Morgan fingerprint density at radius 3 is 0.770 bits per heavy atom. The molecule has 9 nitrogen and oxygen atoms in total. The van der Waals surface area contributed by atoms with Crippen LogP contribution in [0.4, 0.5) is 0 Å². The number of hydrogen-bond donors (Lipinski definition) is 0. The SMILES string of the molecule is c1ccc(-c2c3ccccc3c(-c3ccc(-c4ccc5c(c4)Oc4cccc6nc(-c7ccccc7)n-5c46)cc3)c3ccccc23)cc1.c1ccc(-c2c3ccccc3c(-c3cccc(-c4ccc5c(c4)Oc4cccc6nc(-c7ccccc7)n-5c46)c3)c3ccccc23)cc1.c1ccc(-c2ccc3c(-c4ccc5ccccc5c4)c4ccccc4c(-c4ccc5c(c4)Oc4cccc6nc(-c7ccccc7)n-5c46)c3c2)cc1. The number of rotatable bonds is 12. The fourth-order valence-corrected chi connectivity index (χ4v) is 23.1. The summed E-state index contributed by atoms with van der Waals surface area (Å²) in [5.41, 5.74) is 33.4. The molecule has 9 heteroatoms. The maximum absolute atomic E-state index is 6.75. The van der Waals surface area contributed by atoms with Gasteiger partial charge in [0.25, 0.3) is 0 Å². The molecule has 0 amide bonds. The Labute approximate surface area is 852 Å². The molecule has 0 aliphatic carbocycles. The highest BCUT2D eigenvalue weighted by Crippen LogP contribution is 2.55. The number of fused-ring (bicyclic) bond motifs is 13. The van der Waals surface area contributed by atoms with Crippen molar-refractivity contribution in [3.63, 3.8) is 0 Å². The van der Waals surface area contributed by atoms with Crippen LogP contribution in [0, 0.1) is 0 Å². The third-order valence-corrected chi connectivity index (χ3v) is 29.7. The van der Waals surface area contributed by atoms with Gasteiger partial charge in [0.2, 0.25) is 0 Å². The first-order valence-corrected chi connectivity index (χ1v) is 50.3. The second kappa shape index (κ2) is 35.1. The van der Waals surface area contributed by atoms with Crippen molar-refractivity contribution in [2.45, 2.75) is 0 Å². The van der Waals surface area contributed by atoms with Crippen LogP contribution in [0.2, 0.25) is 0 Å². The lowest BCUT2D eigenvalue weighted by molar-refractivity contribution is 0.476. The summed E-state index contributed by atoms with van der Waals surface area (Å²) in [6.45, 7) is 0. The number of benzene rings is 25. The van der Waals surface area contributed by atoms with Crippen molar-refractivity contribution in [1.29, 1.82) is 0 Å². The van der Waals surface area contributed by atoms with Gasteiger partial charge in [-0.1, -0.05) is 431 Å². The number of aromatic nitrogens is 6. The monoisotopic (exact) mass is 1890 g/mol. The van der Waals surface area contributed by atoms with Crippen LogP contribution in [0.1, 0.15) is 0 Å². The summed E-state index contributed by atoms with van der Waals surface area (Å²) in [6, 6.07) is 186. The van der Waals surface area contributed by atoms with Gasteiger partial charge in [0.15, 0.2) is 34.5 Å². The minimum atomic E-state index is 0.808. The second-order valence-electron chi connectivity index (χ2n) is 38.2. The molecule has 0 saturated heterocycles. The topological polar surface area (TPSA) is 81.2 Å². The molecule has 148 heavy (non-hydrogen) atoms. The largest absolute Gasteiger partial charge is 0.453 e. The van der Waals surface area contributed by atoms with Crippen LogP contribution in [0.25, 0.3) is 260 Å². The molecule has 31 rings (SSSR count). The van der Waals surface area contributed by atoms with E-state index in [-0.39, 0.29) is 0 Å². The second-order valence-corrected chi connectivity index (χ2v) is 38.2. The molecule has 0 N–H and O–H groups in total. The summed E-state index contributed by atoms with van der Waals surface area (Å²) in [7, 11) is 0. The van der Waals surface area contributed by atoms with Gasteiger partial charge in [-0.05, 0) is 267 Å². The Morgan fingerprint density at radius 2 is 0.372 bits per heavy atom. The first-order chi connectivity index (χ1) is 73.4. The van der Waals surface area contributed by atoms with Crippen LogP contribution in [-0.4, -0.2) is 28.7 Å². The molecular formula is C139H86N6O3. The van der Waals surface area contributed by atoms with Crippen LogP contribution in [-0.2, 0) is 0 Å². The fourth-order valence-electron chi connectivity index (χ4n) is 23.1. The Kier molecular flexibility index (Phi) is 20.1. The lowest BCUT2D eigenvalue weighted by Gasteiger charge is -2.23. The minimum absolute atomic E-state index is 0.808. The molecular weight excluding hydrogens is 1800 g/mol. The standard InChI is InChI=1S/C49H30N2O.2C45H28N2O/c1-3-12-31(13-4-1)35-24-26-40-41(29-35)47(39-19-10-9-18-38(39)46(40)36-23-22-32-14-7-8-17-34(32)28-36)37-25-27-43-45(30-37)52-44-21-11-20-42-48(44)51(43)49(50-42)33-15-5-2-6-16-33;1-3-13-29(14-4-1)42-34-19-7-9-21-36(34)43(37-22-10-8-20-35(37)42)33-18-11-17-31(27-33)32-25-26-39-41(28-32)48-40-24-12-23-38-44(40)47(39)45(46-38)30-15-5-2-6-16-30;1-3-12-30(13-4-1)42-34-16-7-9-18-36(34)43(37-19-10-8-17-35(37)42)31-24-22-29(23-25-31)33-26-27-39-41(28-33)48-40-21-11-20-38-44(40)47(39)45(46-38)32-14-5-2-6-15-32/h1-30H;2*1-28H. The molecule has 0 fully saturated rings. The molecule has 6 heterocycles. The van der Waals surface area contributed by atoms with Crippen molar-refractivity contribution >= 4 is 109 Å². The predicted octanol–water partition coefficient (Wildman–Crippen LogP) is 37.5. The quantitative estimate of drug-likeness (QED) is 0.113. The lowest BCUT2D eigenvalue weighted by Crippen LogP contribution is -2.06. The smallest absolute Gasteiger partial charge is 0.153 e. The Morgan fingerprint density at radius 1 is 0.135 bits per heavy atom. The van der Waals surface area contributed by atoms with E-state index in [9.17, 15) is 0 Å². The average molecular weight is 1890 g/mol. The third-order valence-electron chi connectivity index (χ3n) is 29.7. The fraction of sp³-hybridized carbons (Fsp3) is 0. The van der Waals surface area contributed by atoms with Gasteiger partial charge < -0.3 is 14.2 Å². The highest BCUT2D eigenvalue weighted by Gasteiger charge is 2.32. The summed E-state index contributed by atoms with van der Waals surface area (Å²) in [5, 5.41) is 17.4. The van der Waals surface area contributed by atoms with Gasteiger partial charge >= 0.3 is 0 Å². The van der Waals surface area contributed by atoms with E-state index in [1.54, 1.807) is 0 Å². The van der Waals surface area contributed by atoms with Crippen LogP contribution < -0.4 is 14.2 Å². The number of imidazole rings is 3. The molecule has 0 saturated carbocycles. The van der Waals surface area contributed by atoms with Gasteiger partial charge in [-0.3, -0.25) is 13.7 Å². The van der Waals surface area contributed by atoms with E-state index in [2.05, 4.69) is 475 Å². The predicted molar refractivity (Wildman–Crippen MR) is 611 cm³/mol.